The second-order valence-corrected chi connectivity index (χ2v) is 5.03. The van der Waals surface area contributed by atoms with Crippen molar-refractivity contribution in [2.75, 3.05) is 0 Å². The number of hydrogen-bond acceptors (Lipinski definition) is 3. The van der Waals surface area contributed by atoms with Crippen molar-refractivity contribution in [2.24, 2.45) is 12.5 Å². The molecule has 0 saturated heterocycles. The van der Waals surface area contributed by atoms with Crippen LogP contribution in [-0.2, 0) is 7.05 Å². The molecule has 2 rings (SSSR count). The lowest BCUT2D eigenvalue weighted by Crippen LogP contribution is -2.26. The van der Waals surface area contributed by atoms with Gasteiger partial charge in [-0.25, -0.2) is 0 Å². The lowest BCUT2D eigenvalue weighted by Gasteiger charge is -2.29. The van der Waals surface area contributed by atoms with E-state index in [2.05, 4.69) is 11.2 Å². The molecule has 92 valence electrons. The van der Waals surface area contributed by atoms with Crippen LogP contribution in [0.15, 0.2) is 12.4 Å². The van der Waals surface area contributed by atoms with E-state index < -0.39 is 11.5 Å². The van der Waals surface area contributed by atoms with E-state index in [1.165, 1.54) is 12.8 Å². The fraction of sp³-hybridized carbons (Fsp3) is 0.692. The van der Waals surface area contributed by atoms with E-state index in [9.17, 15) is 10.4 Å². The van der Waals surface area contributed by atoms with Gasteiger partial charge >= 0.3 is 0 Å². The molecule has 1 aromatic heterocycles. The number of nitrogens with zero attached hydrogens (tertiary/aromatic N) is 3. The predicted octanol–water partition coefficient (Wildman–Crippen LogP) is 2.32. The number of nitriles is 1. The summed E-state index contributed by atoms with van der Waals surface area (Å²) in [6, 6.07) is 2.38. The van der Waals surface area contributed by atoms with Gasteiger partial charge in [0.1, 0.15) is 6.10 Å². The van der Waals surface area contributed by atoms with Crippen LogP contribution in [0.5, 0.6) is 0 Å². The van der Waals surface area contributed by atoms with Crippen molar-refractivity contribution in [2.45, 2.75) is 44.6 Å². The standard InChI is InChI=1S/C13H19N3O/c1-16-9-11(8-15-16)12(17)13(10-14)6-4-2-3-5-7-13/h8-9,12,17H,2-7H2,1H3. The van der Waals surface area contributed by atoms with Crippen LogP contribution >= 0.6 is 0 Å². The fourth-order valence-electron chi connectivity index (χ4n) is 2.71. The Labute approximate surface area is 102 Å². The van der Waals surface area contributed by atoms with Crippen LogP contribution in [-0.4, -0.2) is 14.9 Å². The molecule has 1 unspecified atom stereocenters. The average molecular weight is 233 g/mol. The molecule has 0 radical (unpaired) electrons. The molecule has 1 aliphatic rings. The third-order valence-corrected chi connectivity index (χ3v) is 3.78. The molecular weight excluding hydrogens is 214 g/mol. The van der Waals surface area contributed by atoms with Crippen LogP contribution in [0.1, 0.15) is 50.2 Å². The molecule has 1 aromatic rings. The van der Waals surface area contributed by atoms with Crippen molar-refractivity contribution < 1.29 is 5.11 Å². The number of aromatic nitrogens is 2. The number of aryl methyl sites for hydroxylation is 1. The molecule has 1 saturated carbocycles. The Balaban J connectivity index is 2.25. The first kappa shape index (κ1) is 12.1. The highest BCUT2D eigenvalue weighted by atomic mass is 16.3. The highest BCUT2D eigenvalue weighted by molar-refractivity contribution is 5.17. The Morgan fingerprint density at radius 3 is 2.53 bits per heavy atom. The van der Waals surface area contributed by atoms with Gasteiger partial charge in [-0.05, 0) is 12.8 Å². The summed E-state index contributed by atoms with van der Waals surface area (Å²) < 4.78 is 1.67. The summed E-state index contributed by atoms with van der Waals surface area (Å²) in [6.45, 7) is 0. The second kappa shape index (κ2) is 4.89. The average Bonchev–Trinajstić information content (AvgIpc) is 2.64. The molecule has 17 heavy (non-hydrogen) atoms. The van der Waals surface area contributed by atoms with Crippen LogP contribution in [0.2, 0.25) is 0 Å². The molecule has 4 nitrogen and oxygen atoms in total. The molecule has 1 fully saturated rings. The minimum atomic E-state index is -0.709. The van der Waals surface area contributed by atoms with Gasteiger partial charge in [0.05, 0.1) is 17.7 Å². The molecule has 1 N–H and O–H groups in total. The zero-order valence-corrected chi connectivity index (χ0v) is 10.3. The third-order valence-electron chi connectivity index (χ3n) is 3.78. The Hall–Kier alpha value is -1.34. The predicted molar refractivity (Wildman–Crippen MR) is 63.9 cm³/mol. The van der Waals surface area contributed by atoms with E-state index in [1.807, 2.05) is 7.05 Å². The molecule has 1 aliphatic carbocycles. The van der Waals surface area contributed by atoms with Crippen molar-refractivity contribution in [1.29, 1.82) is 5.26 Å². The lowest BCUT2D eigenvalue weighted by molar-refractivity contribution is 0.0516. The molecule has 0 bridgehead atoms. The summed E-state index contributed by atoms with van der Waals surface area (Å²) >= 11 is 0. The molecule has 4 heteroatoms. The normalized spacial score (nSPS) is 21.5. The molecule has 0 aliphatic heterocycles. The largest absolute Gasteiger partial charge is 0.387 e. The molecular formula is C13H19N3O. The Morgan fingerprint density at radius 2 is 2.06 bits per heavy atom. The van der Waals surface area contributed by atoms with E-state index in [0.29, 0.717) is 0 Å². The fourth-order valence-corrected chi connectivity index (χ4v) is 2.71. The van der Waals surface area contributed by atoms with Gasteiger partial charge in [0, 0.05) is 18.8 Å². The first-order valence-corrected chi connectivity index (χ1v) is 6.26. The van der Waals surface area contributed by atoms with E-state index in [4.69, 9.17) is 0 Å². The summed E-state index contributed by atoms with van der Waals surface area (Å²) in [5.74, 6) is 0. The minimum absolute atomic E-state index is 0.612. The Kier molecular flexibility index (Phi) is 3.49. The quantitative estimate of drug-likeness (QED) is 0.797. The van der Waals surface area contributed by atoms with Crippen LogP contribution in [0.25, 0.3) is 0 Å². The van der Waals surface area contributed by atoms with E-state index >= 15 is 0 Å². The first-order valence-electron chi connectivity index (χ1n) is 6.26. The maximum atomic E-state index is 10.5. The van der Waals surface area contributed by atoms with Crippen LogP contribution in [0.4, 0.5) is 0 Å². The lowest BCUT2D eigenvalue weighted by atomic mass is 9.75. The molecule has 0 spiro atoms. The smallest absolute Gasteiger partial charge is 0.101 e. The highest BCUT2D eigenvalue weighted by Crippen LogP contribution is 2.44. The molecule has 1 atom stereocenters. The maximum Gasteiger partial charge on any atom is 0.101 e. The topological polar surface area (TPSA) is 61.8 Å². The van der Waals surface area contributed by atoms with Crippen molar-refractivity contribution in [3.63, 3.8) is 0 Å². The van der Waals surface area contributed by atoms with Gasteiger partial charge < -0.3 is 5.11 Å². The monoisotopic (exact) mass is 233 g/mol. The van der Waals surface area contributed by atoms with Gasteiger partial charge in [0.2, 0.25) is 0 Å². The summed E-state index contributed by atoms with van der Waals surface area (Å²) in [6.07, 6.45) is 8.74. The first-order chi connectivity index (χ1) is 8.18. The van der Waals surface area contributed by atoms with E-state index in [-0.39, 0.29) is 0 Å². The van der Waals surface area contributed by atoms with Crippen molar-refractivity contribution >= 4 is 0 Å². The SMILES string of the molecule is Cn1cc(C(O)C2(C#N)CCCCCC2)cn1. The molecule has 0 amide bonds. The summed E-state index contributed by atoms with van der Waals surface area (Å²) in [5.41, 5.74) is 0.149. The summed E-state index contributed by atoms with van der Waals surface area (Å²) in [4.78, 5) is 0. The zero-order chi connectivity index (χ0) is 12.3. The van der Waals surface area contributed by atoms with E-state index in [1.54, 1.807) is 17.1 Å². The van der Waals surface area contributed by atoms with Crippen molar-refractivity contribution in [3.05, 3.63) is 18.0 Å². The zero-order valence-electron chi connectivity index (χ0n) is 10.3. The van der Waals surface area contributed by atoms with Gasteiger partial charge in [-0.3, -0.25) is 4.68 Å². The Morgan fingerprint density at radius 1 is 1.41 bits per heavy atom. The van der Waals surface area contributed by atoms with Gasteiger partial charge in [-0.2, -0.15) is 10.4 Å². The highest BCUT2D eigenvalue weighted by Gasteiger charge is 2.39. The second-order valence-electron chi connectivity index (χ2n) is 5.03. The van der Waals surface area contributed by atoms with Crippen LogP contribution in [0, 0.1) is 16.7 Å². The minimum Gasteiger partial charge on any atom is -0.387 e. The number of hydrogen-bond donors (Lipinski definition) is 1. The van der Waals surface area contributed by atoms with Gasteiger partial charge in [0.15, 0.2) is 0 Å². The van der Waals surface area contributed by atoms with Crippen molar-refractivity contribution in [3.8, 4) is 6.07 Å². The Bertz CT molecular complexity index is 411. The van der Waals surface area contributed by atoms with E-state index in [0.717, 1.165) is 31.2 Å². The van der Waals surface area contributed by atoms with Gasteiger partial charge in [-0.1, -0.05) is 25.7 Å². The van der Waals surface area contributed by atoms with Crippen molar-refractivity contribution in [1.82, 2.24) is 9.78 Å². The third kappa shape index (κ3) is 2.34. The molecule has 0 aromatic carbocycles. The van der Waals surface area contributed by atoms with Gasteiger partial charge in [0.25, 0.3) is 0 Å². The number of rotatable bonds is 2. The maximum absolute atomic E-state index is 10.5. The molecule has 1 heterocycles. The van der Waals surface area contributed by atoms with Crippen LogP contribution in [0.3, 0.4) is 0 Å². The summed E-state index contributed by atoms with van der Waals surface area (Å²) in [7, 11) is 1.82. The van der Waals surface area contributed by atoms with Gasteiger partial charge in [-0.15, -0.1) is 0 Å². The number of aliphatic hydroxyl groups excluding tert-OH is 1. The number of aliphatic hydroxyl groups is 1. The van der Waals surface area contributed by atoms with Crippen LogP contribution < -0.4 is 0 Å². The summed E-state index contributed by atoms with van der Waals surface area (Å²) in [5, 5.41) is 24.0.